The van der Waals surface area contributed by atoms with Crippen LogP contribution in [0.2, 0.25) is 0 Å². The largest absolute Gasteiger partial charge is 0.322 e. The molecule has 1 amide bonds. The smallest absolute Gasteiger partial charge is 0.256 e. The van der Waals surface area contributed by atoms with Gasteiger partial charge in [0.15, 0.2) is 0 Å². The molecular weight excluding hydrogens is 303 g/mol. The minimum atomic E-state index is -0.420. The summed E-state index contributed by atoms with van der Waals surface area (Å²) in [6.45, 7) is 0. The average Bonchev–Trinajstić information content (AvgIpc) is 2.61. The van der Waals surface area contributed by atoms with Crippen molar-refractivity contribution in [3.63, 3.8) is 0 Å². The topological polar surface area (TPSA) is 52.9 Å². The third-order valence-electron chi connectivity index (χ3n) is 3.59. The molecule has 0 aromatic heterocycles. The quantitative estimate of drug-likeness (QED) is 0.766. The minimum absolute atomic E-state index is 0.357. The molecule has 0 fully saturated rings. The Morgan fingerprint density at radius 3 is 2.38 bits per heavy atom. The van der Waals surface area contributed by atoms with Crippen LogP contribution in [0.5, 0.6) is 0 Å². The molecule has 1 N–H and O–H groups in total. The van der Waals surface area contributed by atoms with Crippen LogP contribution >= 0.6 is 0 Å². The van der Waals surface area contributed by atoms with E-state index in [4.69, 9.17) is 0 Å². The van der Waals surface area contributed by atoms with Crippen molar-refractivity contribution in [3.8, 4) is 17.2 Å². The molecule has 0 saturated heterocycles. The van der Waals surface area contributed by atoms with Crippen LogP contribution in [-0.2, 0) is 0 Å². The van der Waals surface area contributed by atoms with Gasteiger partial charge in [0, 0.05) is 16.8 Å². The Hall–Kier alpha value is -3.45. The van der Waals surface area contributed by atoms with E-state index in [0.717, 1.165) is 0 Å². The minimum Gasteiger partial charge on any atom is -0.322 e. The Morgan fingerprint density at radius 1 is 0.917 bits per heavy atom. The summed E-state index contributed by atoms with van der Waals surface area (Å²) >= 11 is 0. The van der Waals surface area contributed by atoms with Crippen molar-refractivity contribution in [2.45, 2.75) is 0 Å². The Balaban J connectivity index is 2.01. The molecule has 3 aromatic rings. The first kappa shape index (κ1) is 15.4. The van der Waals surface area contributed by atoms with Gasteiger partial charge in [0.2, 0.25) is 0 Å². The molecule has 0 bridgehead atoms. The van der Waals surface area contributed by atoms with Crippen molar-refractivity contribution >= 4 is 11.6 Å². The van der Waals surface area contributed by atoms with Crippen LogP contribution in [0.1, 0.15) is 15.9 Å². The van der Waals surface area contributed by atoms with Gasteiger partial charge in [0.05, 0.1) is 11.6 Å². The zero-order valence-corrected chi connectivity index (χ0v) is 12.7. The molecule has 0 unspecified atom stereocenters. The molecule has 0 aliphatic rings. The van der Waals surface area contributed by atoms with E-state index in [0.29, 0.717) is 27.9 Å². The van der Waals surface area contributed by atoms with Gasteiger partial charge in [0.1, 0.15) is 5.82 Å². The van der Waals surface area contributed by atoms with Crippen molar-refractivity contribution in [1.29, 1.82) is 5.26 Å². The van der Waals surface area contributed by atoms with Crippen LogP contribution in [0, 0.1) is 17.1 Å². The maximum absolute atomic E-state index is 13.3. The summed E-state index contributed by atoms with van der Waals surface area (Å²) in [7, 11) is 0. The Morgan fingerprint density at radius 2 is 1.62 bits per heavy atom. The van der Waals surface area contributed by atoms with E-state index >= 15 is 0 Å². The van der Waals surface area contributed by atoms with E-state index in [9.17, 15) is 14.4 Å². The molecule has 24 heavy (non-hydrogen) atoms. The molecule has 0 atom stereocenters. The summed E-state index contributed by atoms with van der Waals surface area (Å²) in [5.41, 5.74) is 2.63. The summed E-state index contributed by atoms with van der Waals surface area (Å²) in [6.07, 6.45) is 0. The molecule has 3 nitrogen and oxygen atoms in total. The third kappa shape index (κ3) is 3.16. The van der Waals surface area contributed by atoms with Crippen molar-refractivity contribution in [1.82, 2.24) is 0 Å². The molecule has 0 radical (unpaired) electrons. The van der Waals surface area contributed by atoms with E-state index < -0.39 is 5.82 Å². The second-order valence-corrected chi connectivity index (χ2v) is 5.17. The highest BCUT2D eigenvalue weighted by molar-refractivity contribution is 6.09. The molecule has 4 heteroatoms. The second-order valence-electron chi connectivity index (χ2n) is 5.17. The normalized spacial score (nSPS) is 10.0. The fourth-order valence-electron chi connectivity index (χ4n) is 2.50. The highest BCUT2D eigenvalue weighted by atomic mass is 19.1. The number of halogens is 1. The van der Waals surface area contributed by atoms with Crippen LogP contribution in [-0.4, -0.2) is 5.91 Å². The Bertz CT molecular complexity index is 944. The fourth-order valence-corrected chi connectivity index (χ4v) is 2.50. The number of rotatable bonds is 3. The first-order valence-electron chi connectivity index (χ1n) is 7.34. The van der Waals surface area contributed by atoms with E-state index in [1.807, 2.05) is 12.1 Å². The van der Waals surface area contributed by atoms with Crippen LogP contribution in [0.15, 0.2) is 72.8 Å². The molecule has 0 heterocycles. The van der Waals surface area contributed by atoms with Gasteiger partial charge in [-0.05, 0) is 35.9 Å². The predicted octanol–water partition coefficient (Wildman–Crippen LogP) is 4.62. The number of carbonyl (C=O) groups excluding carboxylic acids is 1. The third-order valence-corrected chi connectivity index (χ3v) is 3.59. The zero-order valence-electron chi connectivity index (χ0n) is 12.7. The van der Waals surface area contributed by atoms with E-state index in [-0.39, 0.29) is 5.91 Å². The molecule has 0 saturated carbocycles. The van der Waals surface area contributed by atoms with Crippen LogP contribution in [0.25, 0.3) is 11.1 Å². The summed E-state index contributed by atoms with van der Waals surface area (Å²) in [4.78, 5) is 12.6. The van der Waals surface area contributed by atoms with Crippen LogP contribution in [0.3, 0.4) is 0 Å². The highest BCUT2D eigenvalue weighted by Gasteiger charge is 2.15. The number of hydrogen-bond acceptors (Lipinski definition) is 2. The number of carbonyl (C=O) groups is 1. The van der Waals surface area contributed by atoms with Gasteiger partial charge < -0.3 is 5.32 Å². The SMILES string of the molecule is N#Cc1ccccc1-c1ccccc1C(=O)Nc1cccc(F)c1. The molecule has 3 aromatic carbocycles. The number of nitrogens with one attached hydrogen (secondary N) is 1. The molecule has 116 valence electrons. The summed E-state index contributed by atoms with van der Waals surface area (Å²) in [6, 6.07) is 22.0. The number of nitrogens with zero attached hydrogens (tertiary/aromatic N) is 1. The number of amides is 1. The van der Waals surface area contributed by atoms with Gasteiger partial charge >= 0.3 is 0 Å². The Labute approximate surface area is 139 Å². The van der Waals surface area contributed by atoms with Crippen molar-refractivity contribution in [2.24, 2.45) is 0 Å². The number of hydrogen-bond donors (Lipinski definition) is 1. The van der Waals surface area contributed by atoms with Gasteiger partial charge in [-0.1, -0.05) is 42.5 Å². The van der Waals surface area contributed by atoms with Crippen molar-refractivity contribution in [2.75, 3.05) is 5.32 Å². The van der Waals surface area contributed by atoms with E-state index in [2.05, 4.69) is 11.4 Å². The van der Waals surface area contributed by atoms with Crippen molar-refractivity contribution < 1.29 is 9.18 Å². The average molecular weight is 316 g/mol. The number of benzene rings is 3. The lowest BCUT2D eigenvalue weighted by Gasteiger charge is -2.11. The monoisotopic (exact) mass is 316 g/mol. The van der Waals surface area contributed by atoms with Crippen molar-refractivity contribution in [3.05, 3.63) is 89.7 Å². The zero-order chi connectivity index (χ0) is 16.9. The summed E-state index contributed by atoms with van der Waals surface area (Å²) < 4.78 is 13.3. The molecule has 3 rings (SSSR count). The Kier molecular flexibility index (Phi) is 4.35. The lowest BCUT2D eigenvalue weighted by molar-refractivity contribution is 0.102. The first-order chi connectivity index (χ1) is 11.7. The number of anilines is 1. The standard InChI is InChI=1S/C20H13FN2O/c21-15-7-5-8-16(12-15)23-20(24)19-11-4-3-10-18(19)17-9-2-1-6-14(17)13-22/h1-12H,(H,23,24). The molecular formula is C20H13FN2O. The van der Waals surface area contributed by atoms with Crippen LogP contribution < -0.4 is 5.32 Å². The molecule has 0 spiro atoms. The van der Waals surface area contributed by atoms with E-state index in [1.165, 1.54) is 18.2 Å². The van der Waals surface area contributed by atoms with Gasteiger partial charge in [-0.2, -0.15) is 5.26 Å². The fraction of sp³-hybridized carbons (Fsp3) is 0. The summed E-state index contributed by atoms with van der Waals surface area (Å²) in [5, 5.41) is 12.0. The van der Waals surface area contributed by atoms with Gasteiger partial charge in [-0.25, -0.2) is 4.39 Å². The van der Waals surface area contributed by atoms with Gasteiger partial charge in [-0.3, -0.25) is 4.79 Å². The molecule has 0 aliphatic heterocycles. The maximum atomic E-state index is 13.3. The van der Waals surface area contributed by atoms with E-state index in [1.54, 1.807) is 42.5 Å². The van der Waals surface area contributed by atoms with Gasteiger partial charge in [-0.15, -0.1) is 0 Å². The highest BCUT2D eigenvalue weighted by Crippen LogP contribution is 2.27. The predicted molar refractivity (Wildman–Crippen MR) is 90.9 cm³/mol. The van der Waals surface area contributed by atoms with Crippen LogP contribution in [0.4, 0.5) is 10.1 Å². The van der Waals surface area contributed by atoms with Gasteiger partial charge in [0.25, 0.3) is 5.91 Å². The summed E-state index contributed by atoms with van der Waals surface area (Å²) in [5.74, 6) is -0.778. The second kappa shape index (κ2) is 6.76. The lowest BCUT2D eigenvalue weighted by atomic mass is 9.95. The lowest BCUT2D eigenvalue weighted by Crippen LogP contribution is -2.13. The first-order valence-corrected chi connectivity index (χ1v) is 7.34. The number of nitriles is 1. The maximum Gasteiger partial charge on any atom is 0.256 e. The molecule has 0 aliphatic carbocycles.